The lowest BCUT2D eigenvalue weighted by molar-refractivity contribution is -0.155. The zero-order valence-electron chi connectivity index (χ0n) is 21.9. The average molecular weight is 628 g/mol. The monoisotopic (exact) mass is 626 g/mol. The predicted molar refractivity (Wildman–Crippen MR) is 152 cm³/mol. The number of piperidine rings is 1. The van der Waals surface area contributed by atoms with Crippen molar-refractivity contribution in [3.8, 4) is 11.5 Å². The van der Waals surface area contributed by atoms with Gasteiger partial charge in [-0.05, 0) is 48.7 Å². The molecule has 2 aromatic carbocycles. The molecular weight excluding hydrogens is 599 g/mol. The highest BCUT2D eigenvalue weighted by molar-refractivity contribution is 7.86. The first-order valence-electron chi connectivity index (χ1n) is 12.6. The molecule has 0 radical (unpaired) electrons. The van der Waals surface area contributed by atoms with E-state index in [2.05, 4.69) is 0 Å². The van der Waals surface area contributed by atoms with E-state index in [1.54, 1.807) is 30.3 Å². The maximum absolute atomic E-state index is 12.9. The second-order valence-electron chi connectivity index (χ2n) is 9.64. The Morgan fingerprint density at radius 3 is 2.45 bits per heavy atom. The number of rotatable bonds is 7. The summed E-state index contributed by atoms with van der Waals surface area (Å²) in [5.74, 6) is 0.978. The van der Waals surface area contributed by atoms with Gasteiger partial charge in [-0.25, -0.2) is 4.98 Å². The van der Waals surface area contributed by atoms with Crippen LogP contribution in [0.4, 0.5) is 0 Å². The lowest BCUT2D eigenvalue weighted by Gasteiger charge is -2.31. The molecule has 2 aliphatic heterocycles. The fourth-order valence-corrected chi connectivity index (χ4v) is 6.71. The van der Waals surface area contributed by atoms with Crippen LogP contribution in [0.15, 0.2) is 35.7 Å². The van der Waals surface area contributed by atoms with Gasteiger partial charge in [-0.1, -0.05) is 23.2 Å². The van der Waals surface area contributed by atoms with Crippen LogP contribution in [0.5, 0.6) is 11.5 Å². The van der Waals surface area contributed by atoms with Gasteiger partial charge in [-0.3, -0.25) is 4.79 Å². The molecule has 2 aliphatic rings. The Bertz CT molecular complexity index is 1500. The van der Waals surface area contributed by atoms with Crippen molar-refractivity contribution in [1.82, 2.24) is 9.88 Å². The number of hydrogen-bond acceptors (Lipinski definition) is 9. The summed E-state index contributed by atoms with van der Waals surface area (Å²) in [5, 5.41) is 3.97. The number of benzene rings is 2. The van der Waals surface area contributed by atoms with E-state index in [4.69, 9.17) is 46.6 Å². The predicted octanol–water partition coefficient (Wildman–Crippen LogP) is 5.49. The number of carbonyl (C=O) groups is 1. The molecule has 1 amide bonds. The minimum Gasteiger partial charge on any atom is -0.496 e. The van der Waals surface area contributed by atoms with Crippen molar-refractivity contribution in [2.24, 2.45) is 0 Å². The number of methoxy groups -OCH3 is 1. The minimum absolute atomic E-state index is 0.0249. The highest BCUT2D eigenvalue weighted by atomic mass is 35.5. The number of likely N-dealkylation sites (tertiary alicyclic amines) is 1. The van der Waals surface area contributed by atoms with Crippen molar-refractivity contribution in [2.45, 2.75) is 44.7 Å². The van der Waals surface area contributed by atoms with E-state index in [0.717, 1.165) is 29.7 Å². The summed E-state index contributed by atoms with van der Waals surface area (Å²) < 4.78 is 46.2. The Morgan fingerprint density at radius 1 is 1.10 bits per heavy atom. The number of hydrogen-bond donors (Lipinski definition) is 0. The van der Waals surface area contributed by atoms with Crippen LogP contribution in [0.25, 0.3) is 0 Å². The highest BCUT2D eigenvalue weighted by Gasteiger charge is 2.30. The van der Waals surface area contributed by atoms with Crippen LogP contribution in [0, 0.1) is 0 Å². The molecule has 1 atom stereocenters. The van der Waals surface area contributed by atoms with Crippen LogP contribution in [-0.2, 0) is 44.0 Å². The average Bonchev–Trinajstić information content (AvgIpc) is 3.30. The fraction of sp³-hybridized carbons (Fsp3) is 0.407. The number of carbonyl (C=O) groups excluding carboxylic acids is 1. The molecule has 9 nitrogen and oxygen atoms in total. The molecule has 214 valence electrons. The Balaban J connectivity index is 1.21. The summed E-state index contributed by atoms with van der Waals surface area (Å²) in [4.78, 5) is 19.6. The van der Waals surface area contributed by atoms with Gasteiger partial charge in [0.2, 0.25) is 12.2 Å². The van der Waals surface area contributed by atoms with Crippen LogP contribution in [0.2, 0.25) is 10.0 Å². The van der Waals surface area contributed by atoms with E-state index < -0.39 is 16.4 Å². The van der Waals surface area contributed by atoms with Crippen LogP contribution in [0.3, 0.4) is 0 Å². The van der Waals surface area contributed by atoms with Gasteiger partial charge in [-0.2, -0.15) is 8.42 Å². The molecule has 0 aliphatic carbocycles. The number of aromatic nitrogens is 1. The Morgan fingerprint density at radius 2 is 1.77 bits per heavy atom. The SMILES string of the molecule is COc1ccc(OS(C)(=O)=O)c2c1COC(c1csc(C3CCN(C(=O)Cc4cc(Cl)ccc4Cl)CC3)n1)OC2. The Labute approximate surface area is 247 Å². The molecule has 1 aromatic heterocycles. The van der Waals surface area contributed by atoms with Crippen molar-refractivity contribution in [3.05, 3.63) is 73.1 Å². The molecule has 5 rings (SSSR count). The van der Waals surface area contributed by atoms with Gasteiger partial charge in [0.25, 0.3) is 0 Å². The first kappa shape index (κ1) is 29.1. The smallest absolute Gasteiger partial charge is 0.306 e. The van der Waals surface area contributed by atoms with Crippen molar-refractivity contribution < 1.29 is 31.6 Å². The third-order valence-corrected chi connectivity index (χ3v) is 9.00. The van der Waals surface area contributed by atoms with E-state index in [1.165, 1.54) is 18.4 Å². The molecule has 3 aromatic rings. The van der Waals surface area contributed by atoms with Gasteiger partial charge in [0, 0.05) is 45.6 Å². The normalized spacial score (nSPS) is 18.2. The largest absolute Gasteiger partial charge is 0.496 e. The van der Waals surface area contributed by atoms with E-state index in [-0.39, 0.29) is 37.2 Å². The standard InChI is InChI=1S/C27H28Cl2N2O7S2/c1-35-23-5-6-24(38-40(2,33)34)20-14-37-27(36-13-19(20)23)22-15-39-26(30-22)16-7-9-31(10-8-16)25(32)12-17-11-18(28)3-4-21(17)29/h3-6,11,15-16,27H,7-10,12-14H2,1-2H3. The summed E-state index contributed by atoms with van der Waals surface area (Å²) in [6.07, 6.45) is 2.06. The number of thiazole rings is 1. The zero-order valence-corrected chi connectivity index (χ0v) is 25.0. The molecule has 1 fully saturated rings. The molecule has 0 bridgehead atoms. The van der Waals surface area contributed by atoms with E-state index in [9.17, 15) is 13.2 Å². The molecule has 3 heterocycles. The van der Waals surface area contributed by atoms with Gasteiger partial charge < -0.3 is 23.3 Å². The second-order valence-corrected chi connectivity index (χ2v) is 13.0. The topological polar surface area (TPSA) is 104 Å². The number of amides is 1. The maximum atomic E-state index is 12.9. The Kier molecular flexibility index (Phi) is 8.89. The quantitative estimate of drug-likeness (QED) is 0.317. The summed E-state index contributed by atoms with van der Waals surface area (Å²) in [6.45, 7) is 1.46. The molecule has 0 N–H and O–H groups in total. The maximum Gasteiger partial charge on any atom is 0.306 e. The van der Waals surface area contributed by atoms with Gasteiger partial charge in [-0.15, -0.1) is 11.3 Å². The summed E-state index contributed by atoms with van der Waals surface area (Å²) in [5.41, 5.74) is 2.59. The summed E-state index contributed by atoms with van der Waals surface area (Å²) >= 11 is 13.8. The summed E-state index contributed by atoms with van der Waals surface area (Å²) in [6, 6.07) is 8.33. The lowest BCUT2D eigenvalue weighted by atomic mass is 9.97. The first-order valence-corrected chi connectivity index (χ1v) is 16.0. The van der Waals surface area contributed by atoms with E-state index >= 15 is 0 Å². The second kappa shape index (κ2) is 12.2. The summed E-state index contributed by atoms with van der Waals surface area (Å²) in [7, 11) is -2.19. The molecule has 0 saturated carbocycles. The van der Waals surface area contributed by atoms with Crippen LogP contribution in [0.1, 0.15) is 52.4 Å². The van der Waals surface area contributed by atoms with E-state index in [1.807, 2.05) is 10.3 Å². The van der Waals surface area contributed by atoms with Crippen molar-refractivity contribution in [1.29, 1.82) is 0 Å². The van der Waals surface area contributed by atoms with Crippen molar-refractivity contribution in [2.75, 3.05) is 26.5 Å². The number of ether oxygens (including phenoxy) is 3. The fourth-order valence-electron chi connectivity index (χ4n) is 4.86. The first-order chi connectivity index (χ1) is 19.1. The number of nitrogens with zero attached hydrogens (tertiary/aromatic N) is 2. The molecule has 40 heavy (non-hydrogen) atoms. The van der Waals surface area contributed by atoms with Gasteiger partial charge in [0.1, 0.15) is 17.2 Å². The van der Waals surface area contributed by atoms with Gasteiger partial charge in [0.15, 0.2) is 0 Å². The van der Waals surface area contributed by atoms with Crippen LogP contribution >= 0.6 is 34.5 Å². The van der Waals surface area contributed by atoms with Crippen LogP contribution < -0.4 is 8.92 Å². The Hall–Kier alpha value is -2.41. The zero-order chi connectivity index (χ0) is 28.4. The molecule has 1 saturated heterocycles. The molecular formula is C27H28Cl2N2O7S2. The molecule has 0 spiro atoms. The van der Waals surface area contributed by atoms with E-state index in [0.29, 0.717) is 45.7 Å². The lowest BCUT2D eigenvalue weighted by Crippen LogP contribution is -2.38. The van der Waals surface area contributed by atoms with Crippen molar-refractivity contribution >= 4 is 50.6 Å². The highest BCUT2D eigenvalue weighted by Crippen LogP contribution is 2.39. The third kappa shape index (κ3) is 6.72. The molecule has 1 unspecified atom stereocenters. The number of halogens is 2. The van der Waals surface area contributed by atoms with Crippen LogP contribution in [-0.4, -0.2) is 50.7 Å². The number of fused-ring (bicyclic) bond motifs is 1. The molecule has 13 heteroatoms. The third-order valence-electron chi connectivity index (χ3n) is 6.89. The van der Waals surface area contributed by atoms with Crippen molar-refractivity contribution in [3.63, 3.8) is 0 Å². The minimum atomic E-state index is -3.73. The van der Waals surface area contributed by atoms with Gasteiger partial charge >= 0.3 is 10.1 Å². The van der Waals surface area contributed by atoms with Gasteiger partial charge in [0.05, 0.1) is 38.0 Å².